The van der Waals surface area contributed by atoms with Gasteiger partial charge in [-0.15, -0.1) is 0 Å². The summed E-state index contributed by atoms with van der Waals surface area (Å²) in [4.78, 5) is 0. The lowest BCUT2D eigenvalue weighted by molar-refractivity contribution is 0.198. The van der Waals surface area contributed by atoms with E-state index < -0.39 is 11.5 Å². The number of nitriles is 1. The number of hydrogen-bond donors (Lipinski definition) is 1. The van der Waals surface area contributed by atoms with Crippen LogP contribution in [0.25, 0.3) is 0 Å². The van der Waals surface area contributed by atoms with Crippen LogP contribution in [0.15, 0.2) is 18.2 Å². The van der Waals surface area contributed by atoms with Crippen molar-refractivity contribution in [3.8, 4) is 17.6 Å². The van der Waals surface area contributed by atoms with Crippen molar-refractivity contribution in [2.24, 2.45) is 5.41 Å². The second-order valence-corrected chi connectivity index (χ2v) is 5.18. The summed E-state index contributed by atoms with van der Waals surface area (Å²) in [7, 11) is 1.56. The fraction of sp³-hybridized carbons (Fsp3) is 0.533. The van der Waals surface area contributed by atoms with E-state index in [0.29, 0.717) is 24.5 Å². The molecule has 19 heavy (non-hydrogen) atoms. The van der Waals surface area contributed by atoms with Gasteiger partial charge in [-0.1, -0.05) is 6.07 Å². The summed E-state index contributed by atoms with van der Waals surface area (Å²) in [6.07, 6.45) is 0.102. The third kappa shape index (κ3) is 4.46. The molecule has 4 nitrogen and oxygen atoms in total. The lowest BCUT2D eigenvalue weighted by atomic mass is 9.92. The summed E-state index contributed by atoms with van der Waals surface area (Å²) in [6.45, 7) is 5.91. The van der Waals surface area contributed by atoms with Crippen LogP contribution in [0.4, 0.5) is 0 Å². The third-order valence-corrected chi connectivity index (χ3v) is 2.96. The molecule has 1 N–H and O–H groups in total. The molecule has 1 aromatic rings. The first-order chi connectivity index (χ1) is 8.89. The Morgan fingerprint density at radius 3 is 2.58 bits per heavy atom. The largest absolute Gasteiger partial charge is 0.493 e. The summed E-state index contributed by atoms with van der Waals surface area (Å²) in [6, 6.07) is 7.58. The van der Waals surface area contributed by atoms with Gasteiger partial charge in [0.1, 0.15) is 0 Å². The number of methoxy groups -OCH3 is 1. The first-order valence-corrected chi connectivity index (χ1v) is 6.29. The molecule has 0 radical (unpaired) electrons. The Labute approximate surface area is 114 Å². The summed E-state index contributed by atoms with van der Waals surface area (Å²) in [5.74, 6) is 1.22. The minimum Gasteiger partial charge on any atom is -0.493 e. The van der Waals surface area contributed by atoms with E-state index in [1.165, 1.54) is 0 Å². The van der Waals surface area contributed by atoms with Gasteiger partial charge < -0.3 is 14.6 Å². The molecule has 0 fully saturated rings. The Kier molecular flexibility index (Phi) is 5.20. The minimum absolute atomic E-state index is 0.396. The van der Waals surface area contributed by atoms with Gasteiger partial charge in [0, 0.05) is 0 Å². The number of hydrogen-bond acceptors (Lipinski definition) is 4. The predicted octanol–water partition coefficient (Wildman–Crippen LogP) is 3.07. The molecule has 0 aliphatic carbocycles. The number of aliphatic hydroxyl groups is 1. The van der Waals surface area contributed by atoms with Crippen molar-refractivity contribution in [1.82, 2.24) is 0 Å². The van der Waals surface area contributed by atoms with E-state index in [0.717, 1.165) is 5.56 Å². The van der Waals surface area contributed by atoms with Crippen LogP contribution in [0.5, 0.6) is 11.5 Å². The molecule has 0 aromatic heterocycles. The Balaban J connectivity index is 2.71. The smallest absolute Gasteiger partial charge is 0.161 e. The van der Waals surface area contributed by atoms with E-state index in [2.05, 4.69) is 6.07 Å². The summed E-state index contributed by atoms with van der Waals surface area (Å²) < 4.78 is 10.9. The van der Waals surface area contributed by atoms with Crippen LogP contribution in [0, 0.1) is 16.7 Å². The second-order valence-electron chi connectivity index (χ2n) is 5.18. The highest BCUT2D eigenvalue weighted by molar-refractivity contribution is 5.43. The van der Waals surface area contributed by atoms with Gasteiger partial charge in [0.2, 0.25) is 0 Å². The van der Waals surface area contributed by atoms with Gasteiger partial charge in [0.05, 0.1) is 31.3 Å². The van der Waals surface area contributed by atoms with Crippen molar-refractivity contribution in [2.75, 3.05) is 13.7 Å². The molecule has 1 aromatic carbocycles. The molecular weight excluding hydrogens is 242 g/mol. The molecule has 0 spiro atoms. The van der Waals surface area contributed by atoms with Crippen LogP contribution in [0.1, 0.15) is 38.9 Å². The van der Waals surface area contributed by atoms with Crippen molar-refractivity contribution < 1.29 is 14.6 Å². The van der Waals surface area contributed by atoms with E-state index in [4.69, 9.17) is 14.7 Å². The third-order valence-electron chi connectivity index (χ3n) is 2.96. The first kappa shape index (κ1) is 15.3. The maximum Gasteiger partial charge on any atom is 0.161 e. The van der Waals surface area contributed by atoms with Gasteiger partial charge in [-0.25, -0.2) is 0 Å². The monoisotopic (exact) mass is 263 g/mol. The molecule has 1 unspecified atom stereocenters. The fourth-order valence-electron chi connectivity index (χ4n) is 1.54. The van der Waals surface area contributed by atoms with Gasteiger partial charge in [0.25, 0.3) is 0 Å². The van der Waals surface area contributed by atoms with Gasteiger partial charge in [-0.3, -0.25) is 0 Å². The Hall–Kier alpha value is -1.73. The molecule has 4 heteroatoms. The highest BCUT2D eigenvalue weighted by atomic mass is 16.5. The average Bonchev–Trinajstić information content (AvgIpc) is 2.38. The van der Waals surface area contributed by atoms with Crippen molar-refractivity contribution in [1.29, 1.82) is 5.26 Å². The quantitative estimate of drug-likeness (QED) is 0.856. The summed E-state index contributed by atoms with van der Waals surface area (Å²) in [5.41, 5.74) is 0.383. The van der Waals surface area contributed by atoms with E-state index >= 15 is 0 Å². The van der Waals surface area contributed by atoms with Gasteiger partial charge in [-0.2, -0.15) is 5.26 Å². The van der Waals surface area contributed by atoms with Crippen LogP contribution in [0.3, 0.4) is 0 Å². The molecular formula is C15H21NO3. The minimum atomic E-state index is -0.541. The number of nitrogens with zero attached hydrogens (tertiary/aromatic N) is 1. The zero-order valence-corrected chi connectivity index (χ0v) is 11.9. The van der Waals surface area contributed by atoms with Crippen molar-refractivity contribution in [3.05, 3.63) is 23.8 Å². The molecule has 0 heterocycles. The predicted molar refractivity (Wildman–Crippen MR) is 73.1 cm³/mol. The van der Waals surface area contributed by atoms with Gasteiger partial charge in [0.15, 0.2) is 11.5 Å². The van der Waals surface area contributed by atoms with E-state index in [9.17, 15) is 5.11 Å². The number of ether oxygens (including phenoxy) is 2. The summed E-state index contributed by atoms with van der Waals surface area (Å²) in [5, 5.41) is 18.4. The maximum absolute atomic E-state index is 9.52. The molecule has 1 rings (SSSR count). The first-order valence-electron chi connectivity index (χ1n) is 6.29. The average molecular weight is 263 g/mol. The van der Waals surface area contributed by atoms with Crippen LogP contribution < -0.4 is 9.47 Å². The zero-order valence-electron chi connectivity index (χ0n) is 11.9. The molecule has 0 bridgehead atoms. The van der Waals surface area contributed by atoms with Crippen LogP contribution >= 0.6 is 0 Å². The van der Waals surface area contributed by atoms with Crippen LogP contribution in [0.2, 0.25) is 0 Å². The lowest BCUT2D eigenvalue weighted by Crippen LogP contribution is -2.13. The number of rotatable bonds is 6. The number of aliphatic hydroxyl groups excluding tert-OH is 1. The van der Waals surface area contributed by atoms with Crippen LogP contribution in [-0.2, 0) is 0 Å². The molecule has 0 aliphatic heterocycles. The fourth-order valence-corrected chi connectivity index (χ4v) is 1.54. The van der Waals surface area contributed by atoms with Crippen molar-refractivity contribution in [2.45, 2.75) is 33.3 Å². The van der Waals surface area contributed by atoms with Gasteiger partial charge in [-0.05, 0) is 44.9 Å². The molecule has 0 saturated carbocycles. The zero-order chi connectivity index (χ0) is 14.5. The molecule has 0 aliphatic rings. The molecule has 104 valence electrons. The lowest BCUT2D eigenvalue weighted by Gasteiger charge is -2.17. The van der Waals surface area contributed by atoms with E-state index in [1.54, 1.807) is 32.2 Å². The van der Waals surface area contributed by atoms with Crippen molar-refractivity contribution in [3.63, 3.8) is 0 Å². The highest BCUT2D eigenvalue weighted by Crippen LogP contribution is 2.31. The highest BCUT2D eigenvalue weighted by Gasteiger charge is 2.17. The Morgan fingerprint density at radius 2 is 2.05 bits per heavy atom. The molecule has 1 atom stereocenters. The summed E-state index contributed by atoms with van der Waals surface area (Å²) >= 11 is 0. The molecule has 0 saturated heterocycles. The van der Waals surface area contributed by atoms with Crippen molar-refractivity contribution >= 4 is 0 Å². The van der Waals surface area contributed by atoms with E-state index in [1.807, 2.05) is 13.8 Å². The maximum atomic E-state index is 9.52. The second kappa shape index (κ2) is 6.44. The number of benzene rings is 1. The Morgan fingerprint density at radius 1 is 1.37 bits per heavy atom. The van der Waals surface area contributed by atoms with E-state index in [-0.39, 0.29) is 0 Å². The molecule has 0 amide bonds. The normalized spacial score (nSPS) is 12.6. The van der Waals surface area contributed by atoms with Crippen LogP contribution in [-0.4, -0.2) is 18.8 Å². The standard InChI is InChI=1S/C15H21NO3/c1-11(17)12-5-6-13(14(9-12)18-4)19-8-7-15(2,3)10-16/h5-6,9,11,17H,7-8H2,1-4H3. The SMILES string of the molecule is COc1cc(C(C)O)ccc1OCCC(C)(C)C#N. The Bertz CT molecular complexity index is 461. The topological polar surface area (TPSA) is 62.5 Å². The van der Waals surface area contributed by atoms with Gasteiger partial charge >= 0.3 is 0 Å².